The summed E-state index contributed by atoms with van der Waals surface area (Å²) >= 11 is 0. The Bertz CT molecular complexity index is 829. The molecule has 30 heavy (non-hydrogen) atoms. The maximum absolute atomic E-state index is 12.4. The number of nitrogens with one attached hydrogen (secondary N) is 2. The number of carbonyl (C=O) groups excluding carboxylic acids is 1. The first kappa shape index (κ1) is 23.3. The summed E-state index contributed by atoms with van der Waals surface area (Å²) in [4.78, 5) is 18.5. The maximum atomic E-state index is 12.4. The van der Waals surface area contributed by atoms with E-state index in [-0.39, 0.29) is 12.0 Å². The Morgan fingerprint density at radius 2 is 1.73 bits per heavy atom. The summed E-state index contributed by atoms with van der Waals surface area (Å²) in [6.45, 7) is 10.7. The minimum absolute atomic E-state index is 0.00461. The van der Waals surface area contributed by atoms with Crippen LogP contribution >= 0.6 is 0 Å². The smallest absolute Gasteiger partial charge is 0.253 e. The molecule has 0 saturated heterocycles. The predicted molar refractivity (Wildman–Crippen MR) is 123 cm³/mol. The van der Waals surface area contributed by atoms with Crippen LogP contribution in [0, 0.1) is 6.92 Å². The molecular weight excluding hydrogens is 376 g/mol. The van der Waals surface area contributed by atoms with Gasteiger partial charge in [0.25, 0.3) is 5.91 Å². The Morgan fingerprint density at radius 3 is 2.33 bits per heavy atom. The first-order chi connectivity index (χ1) is 14.5. The van der Waals surface area contributed by atoms with Crippen molar-refractivity contribution >= 4 is 11.9 Å². The van der Waals surface area contributed by atoms with Gasteiger partial charge in [-0.1, -0.05) is 30.3 Å². The van der Waals surface area contributed by atoms with Crippen LogP contribution in [0.3, 0.4) is 0 Å². The molecule has 6 nitrogen and oxygen atoms in total. The highest BCUT2D eigenvalue weighted by Crippen LogP contribution is 2.17. The first-order valence-electron chi connectivity index (χ1n) is 10.5. The molecule has 2 N–H and O–H groups in total. The zero-order valence-electron chi connectivity index (χ0n) is 18.7. The second kappa shape index (κ2) is 11.9. The fraction of sp³-hybridized carbons (Fsp3) is 0.417. The number of hydrogen-bond donors (Lipinski definition) is 2. The van der Waals surface area contributed by atoms with Gasteiger partial charge in [-0.15, -0.1) is 0 Å². The van der Waals surface area contributed by atoms with Crippen LogP contribution in [0.25, 0.3) is 0 Å². The van der Waals surface area contributed by atoms with Crippen molar-refractivity contribution < 1.29 is 9.53 Å². The summed E-state index contributed by atoms with van der Waals surface area (Å²) in [6, 6.07) is 15.7. The summed E-state index contributed by atoms with van der Waals surface area (Å²) < 4.78 is 5.99. The van der Waals surface area contributed by atoms with E-state index < -0.39 is 0 Å². The third-order valence-corrected chi connectivity index (χ3v) is 4.91. The minimum atomic E-state index is -0.00461. The molecule has 162 valence electrons. The number of carbonyl (C=O) groups is 1. The largest absolute Gasteiger partial charge is 0.489 e. The molecule has 0 aromatic heterocycles. The van der Waals surface area contributed by atoms with E-state index in [1.807, 2.05) is 81.1 Å². The van der Waals surface area contributed by atoms with Crippen molar-refractivity contribution in [3.63, 3.8) is 0 Å². The van der Waals surface area contributed by atoms with Gasteiger partial charge < -0.3 is 20.3 Å². The molecule has 0 bridgehead atoms. The highest BCUT2D eigenvalue weighted by atomic mass is 16.5. The van der Waals surface area contributed by atoms with E-state index in [0.29, 0.717) is 37.7 Å². The molecule has 0 saturated carbocycles. The summed E-state index contributed by atoms with van der Waals surface area (Å²) in [7, 11) is 1.74. The quantitative estimate of drug-likeness (QED) is 0.490. The van der Waals surface area contributed by atoms with Crippen LogP contribution in [0.4, 0.5) is 0 Å². The number of hydrogen-bond acceptors (Lipinski definition) is 3. The molecule has 0 spiro atoms. The fourth-order valence-electron chi connectivity index (χ4n) is 3.05. The second-order valence-electron chi connectivity index (χ2n) is 7.17. The number of para-hydroxylation sites is 1. The Kier molecular flexibility index (Phi) is 9.19. The summed E-state index contributed by atoms with van der Waals surface area (Å²) in [5.74, 6) is 1.67. The van der Waals surface area contributed by atoms with Gasteiger partial charge in [0.2, 0.25) is 0 Å². The summed E-state index contributed by atoms with van der Waals surface area (Å²) in [5.41, 5.74) is 2.92. The van der Waals surface area contributed by atoms with Gasteiger partial charge in [-0.25, -0.2) is 0 Å². The molecule has 2 aromatic rings. The molecule has 1 unspecified atom stereocenters. The van der Waals surface area contributed by atoms with Gasteiger partial charge in [-0.3, -0.25) is 9.79 Å². The molecule has 0 aliphatic heterocycles. The number of ether oxygens (including phenoxy) is 1. The monoisotopic (exact) mass is 410 g/mol. The third kappa shape index (κ3) is 6.79. The van der Waals surface area contributed by atoms with Gasteiger partial charge >= 0.3 is 0 Å². The second-order valence-corrected chi connectivity index (χ2v) is 7.17. The van der Waals surface area contributed by atoms with Crippen LogP contribution in [0.1, 0.15) is 42.3 Å². The van der Waals surface area contributed by atoms with Crippen LogP contribution in [-0.2, 0) is 6.54 Å². The van der Waals surface area contributed by atoms with Crippen LogP contribution in [0.2, 0.25) is 0 Å². The zero-order chi connectivity index (χ0) is 21.9. The number of nitrogens with zero attached hydrogens (tertiary/aromatic N) is 2. The van der Waals surface area contributed by atoms with Crippen molar-refractivity contribution in [1.29, 1.82) is 0 Å². The lowest BCUT2D eigenvalue weighted by Gasteiger charge is -2.19. The van der Waals surface area contributed by atoms with E-state index in [0.717, 1.165) is 16.9 Å². The van der Waals surface area contributed by atoms with Crippen molar-refractivity contribution in [3.05, 3.63) is 65.2 Å². The molecule has 0 heterocycles. The lowest BCUT2D eigenvalue weighted by Crippen LogP contribution is -2.41. The molecule has 6 heteroatoms. The first-order valence-corrected chi connectivity index (χ1v) is 10.5. The number of guanidine groups is 1. The summed E-state index contributed by atoms with van der Waals surface area (Å²) in [5, 5.41) is 6.59. The van der Waals surface area contributed by atoms with E-state index in [4.69, 9.17) is 4.74 Å². The van der Waals surface area contributed by atoms with Gasteiger partial charge in [0.05, 0.1) is 6.54 Å². The van der Waals surface area contributed by atoms with Gasteiger partial charge in [-0.2, -0.15) is 0 Å². The molecular formula is C24H34N4O2. The van der Waals surface area contributed by atoms with Crippen LogP contribution in [0.5, 0.6) is 5.75 Å². The Labute approximate surface area is 180 Å². The predicted octanol–water partition coefficient (Wildman–Crippen LogP) is 3.61. The Hall–Kier alpha value is -3.02. The lowest BCUT2D eigenvalue weighted by atomic mass is 10.1. The van der Waals surface area contributed by atoms with Crippen molar-refractivity contribution in [2.24, 2.45) is 4.99 Å². The molecule has 1 atom stereocenters. The van der Waals surface area contributed by atoms with Gasteiger partial charge in [0, 0.05) is 32.2 Å². The topological polar surface area (TPSA) is 66.0 Å². The van der Waals surface area contributed by atoms with E-state index in [1.165, 1.54) is 0 Å². The van der Waals surface area contributed by atoms with Crippen molar-refractivity contribution in [3.8, 4) is 5.75 Å². The standard InChI is InChI=1S/C24H34N4O2/c1-6-28(7-2)23(29)21-14-12-20(13-15-21)17-27-24(25-5)26-16-19(4)30-22-11-9-8-10-18(22)3/h8-15,19H,6-7,16-17H2,1-5H3,(H2,25,26,27). The number of aliphatic imine (C=N–C) groups is 1. The molecule has 1 amide bonds. The molecule has 0 fully saturated rings. The summed E-state index contributed by atoms with van der Waals surface area (Å²) in [6.07, 6.45) is -0.00461. The average Bonchev–Trinajstić information content (AvgIpc) is 2.76. The zero-order valence-corrected chi connectivity index (χ0v) is 18.7. The van der Waals surface area contributed by atoms with Crippen LogP contribution in [-0.4, -0.2) is 49.6 Å². The number of rotatable bonds is 9. The Morgan fingerprint density at radius 1 is 1.07 bits per heavy atom. The van der Waals surface area contributed by atoms with Crippen LogP contribution in [0.15, 0.2) is 53.5 Å². The highest BCUT2D eigenvalue weighted by Gasteiger charge is 2.12. The SMILES string of the molecule is CCN(CC)C(=O)c1ccc(CNC(=NC)NCC(C)Oc2ccccc2C)cc1. The van der Waals surface area contributed by atoms with Gasteiger partial charge in [0.15, 0.2) is 5.96 Å². The highest BCUT2D eigenvalue weighted by molar-refractivity contribution is 5.94. The van der Waals surface area contributed by atoms with Gasteiger partial charge in [0.1, 0.15) is 11.9 Å². The van der Waals surface area contributed by atoms with Crippen LogP contribution < -0.4 is 15.4 Å². The number of aryl methyl sites for hydroxylation is 1. The molecule has 0 aliphatic rings. The normalized spacial score (nSPS) is 12.2. The molecule has 2 rings (SSSR count). The van der Waals surface area contributed by atoms with E-state index >= 15 is 0 Å². The van der Waals surface area contributed by atoms with Crippen molar-refractivity contribution in [2.45, 2.75) is 40.3 Å². The molecule has 0 aliphatic carbocycles. The fourth-order valence-corrected chi connectivity index (χ4v) is 3.05. The minimum Gasteiger partial charge on any atom is -0.489 e. The number of amides is 1. The lowest BCUT2D eigenvalue weighted by molar-refractivity contribution is 0.0773. The third-order valence-electron chi connectivity index (χ3n) is 4.91. The van der Waals surface area contributed by atoms with Crippen molar-refractivity contribution in [2.75, 3.05) is 26.7 Å². The Balaban J connectivity index is 1.82. The molecule has 2 aromatic carbocycles. The van der Waals surface area contributed by atoms with Gasteiger partial charge in [-0.05, 0) is 57.0 Å². The average molecular weight is 411 g/mol. The maximum Gasteiger partial charge on any atom is 0.253 e. The van der Waals surface area contributed by atoms with E-state index in [2.05, 4.69) is 15.6 Å². The van der Waals surface area contributed by atoms with E-state index in [1.54, 1.807) is 7.05 Å². The number of benzene rings is 2. The van der Waals surface area contributed by atoms with Crippen molar-refractivity contribution in [1.82, 2.24) is 15.5 Å². The molecule has 0 radical (unpaired) electrons. The van der Waals surface area contributed by atoms with E-state index in [9.17, 15) is 4.79 Å².